The maximum atomic E-state index is 12.3. The SMILES string of the molecule is Cc1cn2nc(NC3CCN(C(=O)CCCC(C)C)C3)ccc2n1. The van der Waals surface area contributed by atoms with Gasteiger partial charge in [-0.1, -0.05) is 20.3 Å². The number of aryl methyl sites for hydroxylation is 1. The molecule has 24 heavy (non-hydrogen) atoms. The Morgan fingerprint density at radius 1 is 1.42 bits per heavy atom. The second kappa shape index (κ2) is 7.20. The largest absolute Gasteiger partial charge is 0.364 e. The molecule has 130 valence electrons. The molecule has 0 aliphatic carbocycles. The highest BCUT2D eigenvalue weighted by atomic mass is 16.2. The highest BCUT2D eigenvalue weighted by Gasteiger charge is 2.26. The van der Waals surface area contributed by atoms with Gasteiger partial charge in [-0.2, -0.15) is 0 Å². The van der Waals surface area contributed by atoms with Gasteiger partial charge in [-0.3, -0.25) is 4.79 Å². The number of hydrogen-bond donors (Lipinski definition) is 1. The maximum Gasteiger partial charge on any atom is 0.222 e. The average molecular weight is 329 g/mol. The van der Waals surface area contributed by atoms with E-state index in [-0.39, 0.29) is 11.9 Å². The fraction of sp³-hybridized carbons (Fsp3) is 0.611. The van der Waals surface area contributed by atoms with E-state index in [9.17, 15) is 4.79 Å². The molecule has 6 heteroatoms. The van der Waals surface area contributed by atoms with Crippen LogP contribution in [-0.2, 0) is 4.79 Å². The van der Waals surface area contributed by atoms with E-state index in [1.165, 1.54) is 0 Å². The van der Waals surface area contributed by atoms with Gasteiger partial charge in [0.1, 0.15) is 5.82 Å². The van der Waals surface area contributed by atoms with Gasteiger partial charge in [0.2, 0.25) is 5.91 Å². The lowest BCUT2D eigenvalue weighted by molar-refractivity contribution is -0.130. The first-order valence-electron chi connectivity index (χ1n) is 8.88. The molecule has 1 aliphatic rings. The van der Waals surface area contributed by atoms with Crippen molar-refractivity contribution in [3.05, 3.63) is 24.0 Å². The number of anilines is 1. The predicted octanol–water partition coefficient (Wildman–Crippen LogP) is 2.88. The fourth-order valence-corrected chi connectivity index (χ4v) is 3.21. The van der Waals surface area contributed by atoms with E-state index >= 15 is 0 Å². The van der Waals surface area contributed by atoms with Crippen molar-refractivity contribution in [3.8, 4) is 0 Å². The van der Waals surface area contributed by atoms with Crippen LogP contribution in [0.1, 0.15) is 45.2 Å². The van der Waals surface area contributed by atoms with Crippen molar-refractivity contribution in [2.45, 2.75) is 52.5 Å². The molecule has 1 N–H and O–H groups in total. The van der Waals surface area contributed by atoms with E-state index in [0.717, 1.165) is 49.5 Å². The average Bonchev–Trinajstić information content (AvgIpc) is 3.12. The number of fused-ring (bicyclic) bond motifs is 1. The summed E-state index contributed by atoms with van der Waals surface area (Å²) in [6.45, 7) is 7.97. The molecule has 0 bridgehead atoms. The molecular weight excluding hydrogens is 302 g/mol. The molecule has 1 unspecified atom stereocenters. The van der Waals surface area contributed by atoms with Crippen LogP contribution in [-0.4, -0.2) is 44.5 Å². The molecule has 0 spiro atoms. The van der Waals surface area contributed by atoms with Crippen LogP contribution in [0.2, 0.25) is 0 Å². The summed E-state index contributed by atoms with van der Waals surface area (Å²) in [5, 5.41) is 7.99. The molecule has 1 saturated heterocycles. The van der Waals surface area contributed by atoms with Crippen LogP contribution in [0.3, 0.4) is 0 Å². The minimum Gasteiger partial charge on any atom is -0.364 e. The number of nitrogens with one attached hydrogen (secondary N) is 1. The number of aromatic nitrogens is 3. The van der Waals surface area contributed by atoms with Crippen LogP contribution >= 0.6 is 0 Å². The summed E-state index contributed by atoms with van der Waals surface area (Å²) in [5.74, 6) is 1.78. The quantitative estimate of drug-likeness (QED) is 0.885. The highest BCUT2D eigenvalue weighted by Crippen LogP contribution is 2.17. The van der Waals surface area contributed by atoms with Crippen molar-refractivity contribution >= 4 is 17.4 Å². The molecule has 3 heterocycles. The summed E-state index contributed by atoms with van der Waals surface area (Å²) >= 11 is 0. The Bertz CT molecular complexity index is 708. The van der Waals surface area contributed by atoms with Gasteiger partial charge in [-0.05, 0) is 37.8 Å². The van der Waals surface area contributed by atoms with Gasteiger partial charge >= 0.3 is 0 Å². The summed E-state index contributed by atoms with van der Waals surface area (Å²) in [5.41, 5.74) is 1.81. The third-order valence-corrected chi connectivity index (χ3v) is 4.51. The Hall–Kier alpha value is -2.11. The van der Waals surface area contributed by atoms with Crippen LogP contribution in [0.5, 0.6) is 0 Å². The van der Waals surface area contributed by atoms with Gasteiger partial charge in [0, 0.05) is 25.6 Å². The molecule has 0 radical (unpaired) electrons. The number of hydrogen-bond acceptors (Lipinski definition) is 4. The van der Waals surface area contributed by atoms with Crippen LogP contribution < -0.4 is 5.32 Å². The lowest BCUT2D eigenvalue weighted by Crippen LogP contribution is -2.31. The minimum absolute atomic E-state index is 0.272. The fourth-order valence-electron chi connectivity index (χ4n) is 3.21. The zero-order valence-electron chi connectivity index (χ0n) is 14.8. The number of rotatable bonds is 6. The second-order valence-electron chi connectivity index (χ2n) is 7.16. The van der Waals surface area contributed by atoms with Crippen molar-refractivity contribution < 1.29 is 4.79 Å². The third kappa shape index (κ3) is 4.04. The van der Waals surface area contributed by atoms with Gasteiger partial charge in [0.25, 0.3) is 0 Å². The number of amides is 1. The summed E-state index contributed by atoms with van der Waals surface area (Å²) in [6.07, 6.45) is 5.67. The molecule has 1 aliphatic heterocycles. The van der Waals surface area contributed by atoms with E-state index < -0.39 is 0 Å². The summed E-state index contributed by atoms with van der Waals surface area (Å²) in [4.78, 5) is 18.6. The standard InChI is InChI=1S/C18H27N5O/c1-13(2)5-4-6-18(24)22-10-9-15(12-22)20-16-7-8-17-19-14(3)11-23(17)21-16/h7-8,11,13,15H,4-6,9-10,12H2,1-3H3,(H,20,21). The van der Waals surface area contributed by atoms with Crippen LogP contribution in [0, 0.1) is 12.8 Å². The number of carbonyl (C=O) groups excluding carboxylic acids is 1. The lowest BCUT2D eigenvalue weighted by atomic mass is 10.1. The van der Waals surface area contributed by atoms with Crippen molar-refractivity contribution in [3.63, 3.8) is 0 Å². The molecule has 2 aromatic rings. The first-order chi connectivity index (χ1) is 11.5. The van der Waals surface area contributed by atoms with E-state index in [2.05, 4.69) is 29.2 Å². The van der Waals surface area contributed by atoms with Crippen molar-refractivity contribution in [2.24, 2.45) is 5.92 Å². The van der Waals surface area contributed by atoms with Crippen LogP contribution in [0.4, 0.5) is 5.82 Å². The van der Waals surface area contributed by atoms with E-state index in [1.54, 1.807) is 4.52 Å². The number of imidazole rings is 1. The normalized spacial score (nSPS) is 17.8. The number of nitrogens with zero attached hydrogens (tertiary/aromatic N) is 4. The molecule has 6 nitrogen and oxygen atoms in total. The Morgan fingerprint density at radius 3 is 3.04 bits per heavy atom. The molecule has 3 rings (SSSR count). The lowest BCUT2D eigenvalue weighted by Gasteiger charge is -2.17. The summed E-state index contributed by atoms with van der Waals surface area (Å²) in [7, 11) is 0. The number of likely N-dealkylation sites (tertiary alicyclic amines) is 1. The van der Waals surface area contributed by atoms with Crippen LogP contribution in [0.15, 0.2) is 18.3 Å². The van der Waals surface area contributed by atoms with Gasteiger partial charge in [0.05, 0.1) is 11.9 Å². The molecule has 2 aromatic heterocycles. The van der Waals surface area contributed by atoms with Crippen molar-refractivity contribution in [1.29, 1.82) is 0 Å². The first-order valence-corrected chi connectivity index (χ1v) is 8.88. The summed E-state index contributed by atoms with van der Waals surface area (Å²) in [6, 6.07) is 4.19. The van der Waals surface area contributed by atoms with Crippen molar-refractivity contribution in [1.82, 2.24) is 19.5 Å². The number of carbonyl (C=O) groups is 1. The van der Waals surface area contributed by atoms with Gasteiger partial charge in [-0.15, -0.1) is 5.10 Å². The Balaban J connectivity index is 1.52. The van der Waals surface area contributed by atoms with Gasteiger partial charge in [-0.25, -0.2) is 9.50 Å². The van der Waals surface area contributed by atoms with E-state index in [4.69, 9.17) is 0 Å². The van der Waals surface area contributed by atoms with Gasteiger partial charge in [0.15, 0.2) is 5.65 Å². The molecule has 1 atom stereocenters. The smallest absolute Gasteiger partial charge is 0.222 e. The predicted molar refractivity (Wildman–Crippen MR) is 95.0 cm³/mol. The van der Waals surface area contributed by atoms with E-state index in [0.29, 0.717) is 12.3 Å². The molecule has 0 saturated carbocycles. The van der Waals surface area contributed by atoms with Gasteiger partial charge < -0.3 is 10.2 Å². The molecular formula is C18H27N5O. The topological polar surface area (TPSA) is 62.5 Å². The Kier molecular flexibility index (Phi) is 5.02. The molecule has 1 fully saturated rings. The van der Waals surface area contributed by atoms with Crippen molar-refractivity contribution in [2.75, 3.05) is 18.4 Å². The van der Waals surface area contributed by atoms with E-state index in [1.807, 2.05) is 30.2 Å². The second-order valence-corrected chi connectivity index (χ2v) is 7.16. The molecule has 0 aromatic carbocycles. The molecule has 1 amide bonds. The first kappa shape index (κ1) is 16.7. The highest BCUT2D eigenvalue weighted by molar-refractivity contribution is 5.76. The zero-order valence-corrected chi connectivity index (χ0v) is 14.8. The Morgan fingerprint density at radius 2 is 2.25 bits per heavy atom. The summed E-state index contributed by atoms with van der Waals surface area (Å²) < 4.78 is 1.79. The maximum absolute atomic E-state index is 12.3. The van der Waals surface area contributed by atoms with Crippen LogP contribution in [0.25, 0.3) is 5.65 Å². The Labute approximate surface area is 143 Å². The monoisotopic (exact) mass is 329 g/mol. The minimum atomic E-state index is 0.272. The third-order valence-electron chi connectivity index (χ3n) is 4.51. The zero-order chi connectivity index (χ0) is 17.1.